The Labute approximate surface area is 164 Å². The van der Waals surface area contributed by atoms with Crippen LogP contribution in [0.5, 0.6) is 11.5 Å². The number of amides is 1. The number of carbonyl (C=O) groups excluding carboxylic acids is 1. The molecule has 0 aromatic heterocycles. The predicted molar refractivity (Wildman–Crippen MR) is 113 cm³/mol. The summed E-state index contributed by atoms with van der Waals surface area (Å²) in [6.07, 6.45) is 1.85. The molecule has 1 fully saturated rings. The van der Waals surface area contributed by atoms with Crippen molar-refractivity contribution in [3.05, 3.63) is 64.6 Å². The molecule has 1 heterocycles. The van der Waals surface area contributed by atoms with E-state index in [-0.39, 0.29) is 11.3 Å². The molecule has 134 valence electrons. The van der Waals surface area contributed by atoms with Crippen LogP contribution in [0.25, 0.3) is 6.08 Å². The van der Waals surface area contributed by atoms with E-state index in [1.807, 2.05) is 42.5 Å². The molecule has 0 unspecified atom stereocenters. The van der Waals surface area contributed by atoms with Gasteiger partial charge in [-0.15, -0.1) is 0 Å². The molecule has 5 heteroatoms. The number of carbonyl (C=O) groups is 1. The molecule has 0 atom stereocenters. The molecule has 0 aliphatic carbocycles. The van der Waals surface area contributed by atoms with Crippen LogP contribution in [0.1, 0.15) is 31.9 Å². The van der Waals surface area contributed by atoms with E-state index >= 15 is 0 Å². The smallest absolute Gasteiger partial charge is 0.265 e. The van der Waals surface area contributed by atoms with Gasteiger partial charge in [-0.05, 0) is 46.9 Å². The number of nitrogens with zero attached hydrogens (tertiary/aromatic N) is 1. The standard InChI is InChI=1S/C21H21NO2S2/c1-21(2,3)15-8-10-16(11-9-15)24-17-7-5-6-14(12-17)13-18-19(23)22(4)20(25)26-18/h5-13H,1-4H3. The van der Waals surface area contributed by atoms with Gasteiger partial charge in [0.15, 0.2) is 0 Å². The molecule has 3 nitrogen and oxygen atoms in total. The Hall–Kier alpha value is -2.11. The van der Waals surface area contributed by atoms with Crippen LogP contribution in [-0.4, -0.2) is 22.2 Å². The molecule has 26 heavy (non-hydrogen) atoms. The first-order valence-corrected chi connectivity index (χ1v) is 9.56. The summed E-state index contributed by atoms with van der Waals surface area (Å²) in [5, 5.41) is 0. The van der Waals surface area contributed by atoms with Crippen molar-refractivity contribution in [1.82, 2.24) is 4.90 Å². The predicted octanol–water partition coefficient (Wildman–Crippen LogP) is 5.61. The van der Waals surface area contributed by atoms with Crippen LogP contribution in [0.4, 0.5) is 0 Å². The summed E-state index contributed by atoms with van der Waals surface area (Å²) in [5.41, 5.74) is 2.28. The van der Waals surface area contributed by atoms with Gasteiger partial charge < -0.3 is 4.74 Å². The van der Waals surface area contributed by atoms with Gasteiger partial charge in [0.2, 0.25) is 0 Å². The van der Waals surface area contributed by atoms with E-state index in [0.29, 0.717) is 9.23 Å². The van der Waals surface area contributed by atoms with Gasteiger partial charge >= 0.3 is 0 Å². The van der Waals surface area contributed by atoms with Crippen molar-refractivity contribution in [2.75, 3.05) is 7.05 Å². The number of thioether (sulfide) groups is 1. The number of likely N-dealkylation sites (N-methyl/N-ethyl adjacent to an activating group) is 1. The highest BCUT2D eigenvalue weighted by atomic mass is 32.2. The molecule has 3 rings (SSSR count). The minimum absolute atomic E-state index is 0.0657. The summed E-state index contributed by atoms with van der Waals surface area (Å²) >= 11 is 6.48. The van der Waals surface area contributed by atoms with E-state index in [1.165, 1.54) is 22.2 Å². The summed E-state index contributed by atoms with van der Waals surface area (Å²) < 4.78 is 6.54. The average molecular weight is 384 g/mol. The van der Waals surface area contributed by atoms with Gasteiger partial charge in [-0.25, -0.2) is 0 Å². The van der Waals surface area contributed by atoms with Crippen LogP contribution in [0.2, 0.25) is 0 Å². The van der Waals surface area contributed by atoms with Crippen LogP contribution in [0.15, 0.2) is 53.4 Å². The number of benzene rings is 2. The molecule has 1 aliphatic heterocycles. The van der Waals surface area contributed by atoms with Crippen LogP contribution < -0.4 is 4.74 Å². The number of rotatable bonds is 3. The minimum atomic E-state index is -0.0657. The number of hydrogen-bond acceptors (Lipinski definition) is 4. The maximum Gasteiger partial charge on any atom is 0.265 e. The minimum Gasteiger partial charge on any atom is -0.457 e. The van der Waals surface area contributed by atoms with Gasteiger partial charge in [0.05, 0.1) is 4.91 Å². The molecule has 1 amide bonds. The molecule has 0 bridgehead atoms. The zero-order chi connectivity index (χ0) is 18.9. The van der Waals surface area contributed by atoms with Crippen molar-refractivity contribution < 1.29 is 9.53 Å². The normalized spacial score (nSPS) is 16.5. The van der Waals surface area contributed by atoms with Gasteiger partial charge in [-0.3, -0.25) is 9.69 Å². The lowest BCUT2D eigenvalue weighted by molar-refractivity contribution is -0.121. The lowest BCUT2D eigenvalue weighted by Gasteiger charge is -2.19. The van der Waals surface area contributed by atoms with E-state index in [4.69, 9.17) is 17.0 Å². The van der Waals surface area contributed by atoms with E-state index in [2.05, 4.69) is 32.9 Å². The van der Waals surface area contributed by atoms with Crippen molar-refractivity contribution in [3.8, 4) is 11.5 Å². The van der Waals surface area contributed by atoms with Crippen LogP contribution in [0, 0.1) is 0 Å². The molecule has 0 spiro atoms. The topological polar surface area (TPSA) is 29.5 Å². The van der Waals surface area contributed by atoms with E-state index in [9.17, 15) is 4.79 Å². The van der Waals surface area contributed by atoms with Crippen molar-refractivity contribution >= 4 is 40.3 Å². The summed E-state index contributed by atoms with van der Waals surface area (Å²) in [4.78, 5) is 14.2. The summed E-state index contributed by atoms with van der Waals surface area (Å²) in [5.74, 6) is 1.45. The SMILES string of the molecule is CN1C(=O)C(=Cc2cccc(Oc3ccc(C(C)(C)C)cc3)c2)SC1=S. The molecule has 0 saturated carbocycles. The van der Waals surface area contributed by atoms with Gasteiger partial charge in [0.1, 0.15) is 15.8 Å². The van der Waals surface area contributed by atoms with Crippen LogP contribution in [0.3, 0.4) is 0 Å². The largest absolute Gasteiger partial charge is 0.457 e. The Bertz CT molecular complexity index is 880. The maximum absolute atomic E-state index is 12.1. The number of hydrogen-bond donors (Lipinski definition) is 0. The van der Waals surface area contributed by atoms with E-state index in [1.54, 1.807) is 7.05 Å². The van der Waals surface area contributed by atoms with Crippen molar-refractivity contribution in [2.45, 2.75) is 26.2 Å². The van der Waals surface area contributed by atoms with E-state index in [0.717, 1.165) is 17.1 Å². The zero-order valence-corrected chi connectivity index (χ0v) is 16.9. The van der Waals surface area contributed by atoms with Gasteiger partial charge in [-0.2, -0.15) is 0 Å². The van der Waals surface area contributed by atoms with Gasteiger partial charge in [0, 0.05) is 7.05 Å². The molecule has 1 aliphatic rings. The molecule has 0 N–H and O–H groups in total. The first kappa shape index (κ1) is 18.7. The average Bonchev–Trinajstić information content (AvgIpc) is 2.82. The highest BCUT2D eigenvalue weighted by Crippen LogP contribution is 2.32. The first-order chi connectivity index (χ1) is 12.2. The second kappa shape index (κ2) is 7.25. The van der Waals surface area contributed by atoms with E-state index < -0.39 is 0 Å². The summed E-state index contributed by atoms with van der Waals surface area (Å²) in [6.45, 7) is 6.56. The van der Waals surface area contributed by atoms with Gasteiger partial charge in [-0.1, -0.05) is 69.0 Å². The number of ether oxygens (including phenoxy) is 1. The Kier molecular flexibility index (Phi) is 5.21. The van der Waals surface area contributed by atoms with Crippen LogP contribution in [-0.2, 0) is 10.2 Å². The second-order valence-electron chi connectivity index (χ2n) is 7.19. The quantitative estimate of drug-likeness (QED) is 0.509. The summed E-state index contributed by atoms with van der Waals surface area (Å²) in [7, 11) is 1.69. The highest BCUT2D eigenvalue weighted by molar-refractivity contribution is 8.26. The Morgan fingerprint density at radius 1 is 1.08 bits per heavy atom. The molecule has 2 aromatic rings. The monoisotopic (exact) mass is 383 g/mol. The van der Waals surface area contributed by atoms with Crippen LogP contribution >= 0.6 is 24.0 Å². The third-order valence-electron chi connectivity index (χ3n) is 4.10. The fourth-order valence-corrected chi connectivity index (χ4v) is 3.70. The third kappa shape index (κ3) is 4.17. The van der Waals surface area contributed by atoms with Crippen molar-refractivity contribution in [2.24, 2.45) is 0 Å². The fourth-order valence-electron chi connectivity index (χ4n) is 2.52. The van der Waals surface area contributed by atoms with Crippen molar-refractivity contribution in [3.63, 3.8) is 0 Å². The Morgan fingerprint density at radius 3 is 2.35 bits per heavy atom. The number of thiocarbonyl (C=S) groups is 1. The Balaban J connectivity index is 1.78. The molecule has 0 radical (unpaired) electrons. The van der Waals surface area contributed by atoms with Gasteiger partial charge in [0.25, 0.3) is 5.91 Å². The second-order valence-corrected chi connectivity index (χ2v) is 8.87. The molecule has 1 saturated heterocycles. The molecular weight excluding hydrogens is 362 g/mol. The first-order valence-electron chi connectivity index (χ1n) is 8.34. The third-order valence-corrected chi connectivity index (χ3v) is 5.58. The highest BCUT2D eigenvalue weighted by Gasteiger charge is 2.28. The fraction of sp³-hybridized carbons (Fsp3) is 0.238. The summed E-state index contributed by atoms with van der Waals surface area (Å²) in [6, 6.07) is 15.8. The zero-order valence-electron chi connectivity index (χ0n) is 15.3. The Morgan fingerprint density at radius 2 is 1.77 bits per heavy atom. The lowest BCUT2D eigenvalue weighted by Crippen LogP contribution is -2.22. The van der Waals surface area contributed by atoms with Crippen molar-refractivity contribution in [1.29, 1.82) is 0 Å². The maximum atomic E-state index is 12.1. The molecular formula is C21H21NO2S2. The molecule has 2 aromatic carbocycles. The lowest BCUT2D eigenvalue weighted by atomic mass is 9.87.